The summed E-state index contributed by atoms with van der Waals surface area (Å²) in [5.41, 5.74) is 1.65. The fourth-order valence-electron chi connectivity index (χ4n) is 2.31. The van der Waals surface area contributed by atoms with Crippen LogP contribution in [-0.4, -0.2) is 39.9 Å². The predicted molar refractivity (Wildman–Crippen MR) is 85.4 cm³/mol. The minimum Gasteiger partial charge on any atom is -0.480 e. The number of carbonyl (C=O) groups excluding carboxylic acids is 1. The average Bonchev–Trinajstić information content (AvgIpc) is 3.03. The molecule has 3 N–H and O–H groups in total. The highest BCUT2D eigenvalue weighted by molar-refractivity contribution is 6.02. The van der Waals surface area contributed by atoms with Crippen molar-refractivity contribution in [3.63, 3.8) is 0 Å². The van der Waals surface area contributed by atoms with E-state index in [9.17, 15) is 9.59 Å². The van der Waals surface area contributed by atoms with E-state index in [1.807, 2.05) is 30.3 Å². The molecular formula is C17H14N2O5. The number of carboxylic acid groups (broad SMARTS) is 1. The molecule has 0 aliphatic rings. The van der Waals surface area contributed by atoms with Gasteiger partial charge in [-0.1, -0.05) is 35.5 Å². The van der Waals surface area contributed by atoms with Gasteiger partial charge in [0, 0.05) is 11.1 Å². The highest BCUT2D eigenvalue weighted by Crippen LogP contribution is 2.29. The Morgan fingerprint density at radius 2 is 1.92 bits per heavy atom. The highest BCUT2D eigenvalue weighted by atomic mass is 16.5. The molecule has 3 rings (SSSR count). The van der Waals surface area contributed by atoms with Crippen molar-refractivity contribution < 1.29 is 24.3 Å². The standard InChI is InChI=1S/C17H14N2O5/c20-9-14(17(22)23)18-16(21)11-6-7-13-12(8-11)15(24-19-13)10-4-2-1-3-5-10/h1-8,14,20H,9H2,(H,18,21)(H,22,23)/t14-/m0/s1. The van der Waals surface area contributed by atoms with Crippen molar-refractivity contribution in [2.24, 2.45) is 0 Å². The largest absolute Gasteiger partial charge is 0.480 e. The van der Waals surface area contributed by atoms with Crippen LogP contribution in [0.4, 0.5) is 0 Å². The van der Waals surface area contributed by atoms with Crippen molar-refractivity contribution in [2.75, 3.05) is 6.61 Å². The Balaban J connectivity index is 1.96. The molecule has 0 aliphatic carbocycles. The van der Waals surface area contributed by atoms with E-state index in [-0.39, 0.29) is 5.56 Å². The Kier molecular flexibility index (Phi) is 4.26. The van der Waals surface area contributed by atoms with Crippen LogP contribution in [0.5, 0.6) is 0 Å². The molecule has 1 atom stereocenters. The van der Waals surface area contributed by atoms with Crippen LogP contribution in [0, 0.1) is 0 Å². The molecule has 0 spiro atoms. The van der Waals surface area contributed by atoms with Gasteiger partial charge in [0.25, 0.3) is 5.91 Å². The molecule has 2 aromatic carbocycles. The Morgan fingerprint density at radius 1 is 1.17 bits per heavy atom. The van der Waals surface area contributed by atoms with Crippen molar-refractivity contribution in [1.29, 1.82) is 0 Å². The number of aliphatic hydroxyl groups is 1. The maximum Gasteiger partial charge on any atom is 0.328 e. The minimum absolute atomic E-state index is 0.252. The molecule has 0 aliphatic heterocycles. The molecule has 0 bridgehead atoms. The summed E-state index contributed by atoms with van der Waals surface area (Å²) in [6.07, 6.45) is 0. The average molecular weight is 326 g/mol. The van der Waals surface area contributed by atoms with Crippen LogP contribution in [0.3, 0.4) is 0 Å². The Morgan fingerprint density at radius 3 is 2.58 bits per heavy atom. The summed E-state index contributed by atoms with van der Waals surface area (Å²) < 4.78 is 5.36. The molecule has 7 heteroatoms. The first-order chi connectivity index (χ1) is 11.6. The fourth-order valence-corrected chi connectivity index (χ4v) is 2.31. The van der Waals surface area contributed by atoms with E-state index in [1.165, 1.54) is 6.07 Å². The number of hydrogen-bond acceptors (Lipinski definition) is 5. The maximum atomic E-state index is 12.2. The number of aromatic nitrogens is 1. The molecule has 0 saturated carbocycles. The first-order valence-corrected chi connectivity index (χ1v) is 7.19. The van der Waals surface area contributed by atoms with Crippen LogP contribution >= 0.6 is 0 Å². The quantitative estimate of drug-likeness (QED) is 0.657. The summed E-state index contributed by atoms with van der Waals surface area (Å²) in [6.45, 7) is -0.689. The zero-order valence-electron chi connectivity index (χ0n) is 12.5. The number of hydrogen-bond donors (Lipinski definition) is 3. The van der Waals surface area contributed by atoms with Crippen molar-refractivity contribution in [3.05, 3.63) is 54.1 Å². The lowest BCUT2D eigenvalue weighted by atomic mass is 10.1. The van der Waals surface area contributed by atoms with Crippen LogP contribution in [-0.2, 0) is 4.79 Å². The first kappa shape index (κ1) is 15.7. The lowest BCUT2D eigenvalue weighted by Crippen LogP contribution is -2.43. The lowest BCUT2D eigenvalue weighted by Gasteiger charge is -2.11. The second-order valence-electron chi connectivity index (χ2n) is 5.16. The molecule has 1 amide bonds. The van der Waals surface area contributed by atoms with Crippen molar-refractivity contribution in [3.8, 4) is 11.3 Å². The van der Waals surface area contributed by atoms with Gasteiger partial charge in [-0.2, -0.15) is 0 Å². The zero-order valence-corrected chi connectivity index (χ0v) is 12.5. The zero-order chi connectivity index (χ0) is 17.1. The number of nitrogens with one attached hydrogen (secondary N) is 1. The minimum atomic E-state index is -1.36. The van der Waals surface area contributed by atoms with Gasteiger partial charge >= 0.3 is 5.97 Å². The third kappa shape index (κ3) is 2.97. The van der Waals surface area contributed by atoms with Gasteiger partial charge in [-0.05, 0) is 18.2 Å². The topological polar surface area (TPSA) is 113 Å². The maximum absolute atomic E-state index is 12.2. The normalized spacial score (nSPS) is 12.0. The number of benzene rings is 2. The molecule has 1 heterocycles. The summed E-state index contributed by atoms with van der Waals surface area (Å²) in [6, 6.07) is 12.7. The van der Waals surface area contributed by atoms with Crippen LogP contribution in [0.1, 0.15) is 10.4 Å². The summed E-state index contributed by atoms with van der Waals surface area (Å²) in [4.78, 5) is 23.1. The van der Waals surface area contributed by atoms with Gasteiger partial charge in [0.2, 0.25) is 0 Å². The SMILES string of the molecule is O=C(N[C@@H](CO)C(=O)O)c1ccc2noc(-c3ccccc3)c2c1. The van der Waals surface area contributed by atoms with Crippen LogP contribution < -0.4 is 5.32 Å². The van der Waals surface area contributed by atoms with Gasteiger partial charge in [-0.25, -0.2) is 4.79 Å². The number of aliphatic carboxylic acids is 1. The molecule has 24 heavy (non-hydrogen) atoms. The van der Waals surface area contributed by atoms with E-state index in [2.05, 4.69) is 10.5 Å². The molecule has 0 saturated heterocycles. The number of carboxylic acids is 1. The number of rotatable bonds is 5. The third-order valence-electron chi connectivity index (χ3n) is 3.56. The van der Waals surface area contributed by atoms with Gasteiger partial charge < -0.3 is 20.1 Å². The molecule has 0 fully saturated rings. The molecule has 1 aromatic heterocycles. The lowest BCUT2D eigenvalue weighted by molar-refractivity contribution is -0.140. The smallest absolute Gasteiger partial charge is 0.328 e. The second kappa shape index (κ2) is 6.51. The van der Waals surface area contributed by atoms with Crippen LogP contribution in [0.2, 0.25) is 0 Å². The summed E-state index contributed by atoms with van der Waals surface area (Å²) >= 11 is 0. The van der Waals surface area contributed by atoms with Gasteiger partial charge in [-0.3, -0.25) is 4.79 Å². The molecule has 3 aromatic rings. The van der Waals surface area contributed by atoms with Crippen molar-refractivity contribution in [1.82, 2.24) is 10.5 Å². The van der Waals surface area contributed by atoms with E-state index in [1.54, 1.807) is 12.1 Å². The van der Waals surface area contributed by atoms with E-state index >= 15 is 0 Å². The van der Waals surface area contributed by atoms with Crippen LogP contribution in [0.25, 0.3) is 22.2 Å². The summed E-state index contributed by atoms with van der Waals surface area (Å²) in [5, 5.41) is 24.8. The molecule has 0 radical (unpaired) electrons. The third-order valence-corrected chi connectivity index (χ3v) is 3.56. The van der Waals surface area contributed by atoms with Gasteiger partial charge in [0.1, 0.15) is 5.52 Å². The summed E-state index contributed by atoms with van der Waals surface area (Å²) in [5.74, 6) is -1.38. The van der Waals surface area contributed by atoms with Crippen molar-refractivity contribution >= 4 is 22.8 Å². The highest BCUT2D eigenvalue weighted by Gasteiger charge is 2.20. The Hall–Kier alpha value is -3.19. The Bertz CT molecular complexity index is 888. The number of amides is 1. The fraction of sp³-hybridized carbons (Fsp3) is 0.118. The van der Waals surface area contributed by atoms with Gasteiger partial charge in [-0.15, -0.1) is 0 Å². The molecule has 0 unspecified atom stereocenters. The number of aliphatic hydroxyl groups excluding tert-OH is 1. The van der Waals surface area contributed by atoms with Gasteiger partial charge in [0.05, 0.1) is 12.0 Å². The molecule has 122 valence electrons. The number of nitrogens with zero attached hydrogens (tertiary/aromatic N) is 1. The second-order valence-corrected chi connectivity index (χ2v) is 5.16. The van der Waals surface area contributed by atoms with E-state index in [0.29, 0.717) is 16.7 Å². The molecule has 7 nitrogen and oxygen atoms in total. The van der Waals surface area contributed by atoms with E-state index in [0.717, 1.165) is 5.56 Å². The van der Waals surface area contributed by atoms with Crippen molar-refractivity contribution in [2.45, 2.75) is 6.04 Å². The first-order valence-electron chi connectivity index (χ1n) is 7.19. The Labute approximate surface area is 136 Å². The van der Waals surface area contributed by atoms with E-state index < -0.39 is 24.5 Å². The number of fused-ring (bicyclic) bond motifs is 1. The number of carbonyl (C=O) groups is 2. The van der Waals surface area contributed by atoms with Crippen LogP contribution in [0.15, 0.2) is 53.1 Å². The summed E-state index contributed by atoms with van der Waals surface area (Å²) in [7, 11) is 0. The molecular weight excluding hydrogens is 312 g/mol. The predicted octanol–water partition coefficient (Wildman–Crippen LogP) is 1.67. The van der Waals surface area contributed by atoms with E-state index in [4.69, 9.17) is 14.7 Å². The monoisotopic (exact) mass is 326 g/mol. The van der Waals surface area contributed by atoms with Gasteiger partial charge in [0.15, 0.2) is 11.8 Å².